The van der Waals surface area contributed by atoms with E-state index in [1.54, 1.807) is 12.1 Å². The lowest BCUT2D eigenvalue weighted by atomic mass is 10.1. The summed E-state index contributed by atoms with van der Waals surface area (Å²) in [5.74, 6) is -0.0993. The Labute approximate surface area is 153 Å². The van der Waals surface area contributed by atoms with Crippen LogP contribution in [0.4, 0.5) is 13.2 Å². The number of aromatic nitrogens is 2. The zero-order chi connectivity index (χ0) is 19.6. The van der Waals surface area contributed by atoms with Crippen LogP contribution in [0.2, 0.25) is 0 Å². The summed E-state index contributed by atoms with van der Waals surface area (Å²) >= 11 is 0. The summed E-state index contributed by atoms with van der Waals surface area (Å²) in [4.78, 5) is 12.7. The van der Waals surface area contributed by atoms with E-state index in [2.05, 4.69) is 10.2 Å². The molecule has 0 fully saturated rings. The second-order valence-electron chi connectivity index (χ2n) is 6.14. The molecule has 2 aromatic carbocycles. The van der Waals surface area contributed by atoms with Crippen LogP contribution in [0.15, 0.2) is 52.9 Å². The number of alkyl halides is 3. The Morgan fingerprint density at radius 2 is 1.67 bits per heavy atom. The van der Waals surface area contributed by atoms with Gasteiger partial charge < -0.3 is 9.32 Å². The van der Waals surface area contributed by atoms with Crippen LogP contribution >= 0.6 is 0 Å². The molecule has 0 aliphatic rings. The molecule has 3 aromatic rings. The summed E-state index contributed by atoms with van der Waals surface area (Å²) in [6, 6.07) is 13.6. The van der Waals surface area contributed by atoms with Crippen molar-refractivity contribution in [2.24, 2.45) is 0 Å². The molecule has 5 nitrogen and oxygen atoms in total. The molecule has 0 unspecified atom stereocenters. The van der Waals surface area contributed by atoms with Crippen molar-refractivity contribution in [1.29, 1.82) is 0 Å². The molecule has 1 aromatic heterocycles. The van der Waals surface area contributed by atoms with E-state index in [1.165, 1.54) is 12.1 Å². The van der Waals surface area contributed by atoms with Gasteiger partial charge in [0.1, 0.15) is 6.54 Å². The molecule has 1 heterocycles. The number of carbonyl (C=O) groups is 1. The van der Waals surface area contributed by atoms with E-state index in [1.807, 2.05) is 31.2 Å². The Hall–Kier alpha value is -3.16. The van der Waals surface area contributed by atoms with Crippen molar-refractivity contribution in [1.82, 2.24) is 15.1 Å². The molecule has 140 valence electrons. The first kappa shape index (κ1) is 18.6. The van der Waals surface area contributed by atoms with E-state index in [0.29, 0.717) is 16.4 Å². The number of rotatable bonds is 4. The van der Waals surface area contributed by atoms with Gasteiger partial charge in [-0.15, -0.1) is 10.2 Å². The van der Waals surface area contributed by atoms with Crippen molar-refractivity contribution in [2.45, 2.75) is 13.1 Å². The first-order valence-electron chi connectivity index (χ1n) is 8.06. The van der Waals surface area contributed by atoms with Gasteiger partial charge in [0.05, 0.1) is 0 Å². The highest BCUT2D eigenvalue weighted by molar-refractivity contribution is 5.94. The summed E-state index contributed by atoms with van der Waals surface area (Å²) < 4.78 is 42.9. The van der Waals surface area contributed by atoms with Gasteiger partial charge in [-0.25, -0.2) is 0 Å². The van der Waals surface area contributed by atoms with Crippen LogP contribution in [-0.2, 0) is 0 Å². The molecular formula is C19H16F3N3O2. The lowest BCUT2D eigenvalue weighted by molar-refractivity contribution is -0.138. The van der Waals surface area contributed by atoms with Gasteiger partial charge >= 0.3 is 6.18 Å². The van der Waals surface area contributed by atoms with Crippen molar-refractivity contribution >= 4 is 5.91 Å². The molecule has 0 radical (unpaired) electrons. The Morgan fingerprint density at radius 3 is 2.26 bits per heavy atom. The molecule has 0 N–H and O–H groups in total. The summed E-state index contributed by atoms with van der Waals surface area (Å²) in [5, 5.41) is 8.00. The fourth-order valence-corrected chi connectivity index (χ4v) is 2.55. The van der Waals surface area contributed by atoms with Crippen molar-refractivity contribution < 1.29 is 22.4 Å². The number of carbonyl (C=O) groups excluding carboxylic acids is 1. The van der Waals surface area contributed by atoms with Crippen LogP contribution < -0.4 is 0 Å². The minimum Gasteiger partial charge on any atom is -0.416 e. The second-order valence-corrected chi connectivity index (χ2v) is 6.14. The van der Waals surface area contributed by atoms with Crippen LogP contribution in [0.3, 0.4) is 0 Å². The fraction of sp³-hybridized carbons (Fsp3) is 0.211. The highest BCUT2D eigenvalue weighted by Crippen LogP contribution is 2.25. The monoisotopic (exact) mass is 375 g/mol. The van der Waals surface area contributed by atoms with Crippen LogP contribution in [0.5, 0.6) is 0 Å². The van der Waals surface area contributed by atoms with Crippen LogP contribution in [0, 0.1) is 6.92 Å². The number of hydrogen-bond acceptors (Lipinski definition) is 4. The van der Waals surface area contributed by atoms with Gasteiger partial charge in [0.25, 0.3) is 5.91 Å². The largest absolute Gasteiger partial charge is 0.416 e. The summed E-state index contributed by atoms with van der Waals surface area (Å²) in [6.07, 6.45) is -4.44. The van der Waals surface area contributed by atoms with E-state index in [0.717, 1.165) is 18.2 Å². The summed E-state index contributed by atoms with van der Waals surface area (Å²) in [5.41, 5.74) is 2.55. The predicted octanol–water partition coefficient (Wildman–Crippen LogP) is 4.35. The van der Waals surface area contributed by atoms with Gasteiger partial charge in [0.2, 0.25) is 11.8 Å². The van der Waals surface area contributed by atoms with E-state index in [4.69, 9.17) is 4.42 Å². The third kappa shape index (κ3) is 4.52. The number of benzene rings is 2. The molecule has 0 aliphatic heterocycles. The van der Waals surface area contributed by atoms with Gasteiger partial charge in [-0.1, -0.05) is 17.7 Å². The lowest BCUT2D eigenvalue weighted by Crippen LogP contribution is -2.35. The van der Waals surface area contributed by atoms with E-state index < -0.39 is 18.6 Å². The second kappa shape index (κ2) is 7.22. The van der Waals surface area contributed by atoms with Gasteiger partial charge in [0, 0.05) is 23.7 Å². The molecule has 8 heteroatoms. The van der Waals surface area contributed by atoms with Crippen molar-refractivity contribution in [3.8, 4) is 22.9 Å². The van der Waals surface area contributed by atoms with Crippen molar-refractivity contribution in [2.75, 3.05) is 13.6 Å². The van der Waals surface area contributed by atoms with E-state index in [9.17, 15) is 18.0 Å². The molecule has 0 saturated carbocycles. The molecule has 0 aliphatic carbocycles. The highest BCUT2D eigenvalue weighted by Gasteiger charge is 2.31. The third-order valence-electron chi connectivity index (χ3n) is 3.83. The van der Waals surface area contributed by atoms with Gasteiger partial charge in [-0.05, 0) is 43.3 Å². The molecular weight excluding hydrogens is 359 g/mol. The molecule has 0 spiro atoms. The quantitative estimate of drug-likeness (QED) is 0.680. The number of nitrogens with zero attached hydrogens (tertiary/aromatic N) is 3. The zero-order valence-corrected chi connectivity index (χ0v) is 14.6. The SMILES string of the molecule is Cc1cccc(-c2nnc(-c3ccc(C(=O)N(C)CC(F)(F)F)cc3)o2)c1. The van der Waals surface area contributed by atoms with Crippen molar-refractivity contribution in [3.05, 3.63) is 59.7 Å². The molecule has 3 rings (SSSR count). The maximum absolute atomic E-state index is 12.4. The Balaban J connectivity index is 1.77. The summed E-state index contributed by atoms with van der Waals surface area (Å²) in [6.45, 7) is 0.642. The highest BCUT2D eigenvalue weighted by atomic mass is 19.4. The number of amides is 1. The average Bonchev–Trinajstić information content (AvgIpc) is 3.10. The van der Waals surface area contributed by atoms with Crippen LogP contribution in [0.25, 0.3) is 22.9 Å². The lowest BCUT2D eigenvalue weighted by Gasteiger charge is -2.18. The number of halogens is 3. The Morgan fingerprint density at radius 1 is 1.04 bits per heavy atom. The standard InChI is InChI=1S/C19H16F3N3O2/c1-12-4-3-5-15(10-12)17-24-23-16(27-17)13-6-8-14(9-7-13)18(26)25(2)11-19(20,21)22/h3-10H,11H2,1-2H3. The maximum atomic E-state index is 12.4. The Bertz CT molecular complexity index is 949. The zero-order valence-electron chi connectivity index (χ0n) is 14.6. The van der Waals surface area contributed by atoms with E-state index in [-0.39, 0.29) is 11.5 Å². The number of hydrogen-bond donors (Lipinski definition) is 0. The van der Waals surface area contributed by atoms with Crippen LogP contribution in [-0.4, -0.2) is 40.8 Å². The smallest absolute Gasteiger partial charge is 0.406 e. The average molecular weight is 375 g/mol. The van der Waals surface area contributed by atoms with E-state index >= 15 is 0 Å². The van der Waals surface area contributed by atoms with Crippen LogP contribution in [0.1, 0.15) is 15.9 Å². The van der Waals surface area contributed by atoms with Gasteiger partial charge in [-0.2, -0.15) is 13.2 Å². The molecule has 1 amide bonds. The summed E-state index contributed by atoms with van der Waals surface area (Å²) in [7, 11) is 1.11. The minimum absolute atomic E-state index is 0.143. The minimum atomic E-state index is -4.44. The molecule has 0 atom stereocenters. The van der Waals surface area contributed by atoms with Gasteiger partial charge in [-0.3, -0.25) is 4.79 Å². The first-order valence-corrected chi connectivity index (χ1v) is 8.06. The first-order chi connectivity index (χ1) is 12.7. The third-order valence-corrected chi connectivity index (χ3v) is 3.83. The number of aryl methyl sites for hydroxylation is 1. The molecule has 0 bridgehead atoms. The van der Waals surface area contributed by atoms with Crippen molar-refractivity contribution in [3.63, 3.8) is 0 Å². The van der Waals surface area contributed by atoms with Gasteiger partial charge in [0.15, 0.2) is 0 Å². The predicted molar refractivity (Wildman–Crippen MR) is 92.9 cm³/mol. The Kier molecular flexibility index (Phi) is 4.98. The molecule has 0 saturated heterocycles. The maximum Gasteiger partial charge on any atom is 0.406 e. The normalized spacial score (nSPS) is 11.4. The topological polar surface area (TPSA) is 59.2 Å². The fourth-order valence-electron chi connectivity index (χ4n) is 2.55. The molecule has 27 heavy (non-hydrogen) atoms.